The molecule has 1 unspecified atom stereocenters. The van der Waals surface area contributed by atoms with E-state index in [0.717, 1.165) is 23.1 Å². The Morgan fingerprint density at radius 1 is 0.960 bits per heavy atom. The number of carbonyl (C=O) groups excluding carboxylic acids is 1. The fourth-order valence-electron chi connectivity index (χ4n) is 2.88. The molecule has 1 N–H and O–H groups in total. The molecule has 0 aliphatic rings. The molecular weight excluding hydrogens is 310 g/mol. The molecule has 0 aliphatic heterocycles. The van der Waals surface area contributed by atoms with Gasteiger partial charge < -0.3 is 10.1 Å². The van der Waals surface area contributed by atoms with E-state index in [1.54, 1.807) is 0 Å². The van der Waals surface area contributed by atoms with Gasteiger partial charge in [-0.05, 0) is 41.9 Å². The van der Waals surface area contributed by atoms with Crippen LogP contribution in [-0.2, 0) is 0 Å². The maximum Gasteiger partial charge on any atom is 0.413 e. The number of hydrogen-bond acceptors (Lipinski definition) is 2. The summed E-state index contributed by atoms with van der Waals surface area (Å²) in [6, 6.07) is 15.9. The van der Waals surface area contributed by atoms with Gasteiger partial charge in [-0.1, -0.05) is 76.2 Å². The lowest BCUT2D eigenvalue weighted by atomic mass is 9.92. The van der Waals surface area contributed by atoms with Crippen LogP contribution in [0.5, 0.6) is 5.75 Å². The summed E-state index contributed by atoms with van der Waals surface area (Å²) in [5.74, 6) is 1.34. The molecule has 0 saturated heterocycles. The number of benzene rings is 2. The monoisotopic (exact) mass is 339 g/mol. The van der Waals surface area contributed by atoms with E-state index in [1.165, 1.54) is 0 Å². The van der Waals surface area contributed by atoms with Crippen molar-refractivity contribution in [1.82, 2.24) is 5.32 Å². The van der Waals surface area contributed by atoms with Crippen molar-refractivity contribution in [2.45, 2.75) is 58.9 Å². The second kappa shape index (κ2) is 8.70. The zero-order valence-corrected chi connectivity index (χ0v) is 15.9. The molecule has 2 aromatic rings. The molecular formula is C22H29NO2. The van der Waals surface area contributed by atoms with Crippen molar-refractivity contribution in [3.8, 4) is 5.75 Å². The third kappa shape index (κ3) is 4.85. The molecule has 25 heavy (non-hydrogen) atoms. The normalized spacial score (nSPS) is 13.4. The summed E-state index contributed by atoms with van der Waals surface area (Å²) in [6.07, 6.45) is 0.592. The molecule has 0 fully saturated rings. The van der Waals surface area contributed by atoms with Crippen molar-refractivity contribution >= 4 is 6.09 Å². The number of nitrogens with one attached hydrogen (secondary N) is 1. The predicted molar refractivity (Wildman–Crippen MR) is 103 cm³/mol. The Hall–Kier alpha value is -2.29. The van der Waals surface area contributed by atoms with E-state index >= 15 is 0 Å². The molecule has 1 amide bonds. The highest BCUT2D eigenvalue weighted by atomic mass is 16.6. The van der Waals surface area contributed by atoms with E-state index in [4.69, 9.17) is 4.74 Å². The molecule has 0 bridgehead atoms. The van der Waals surface area contributed by atoms with Gasteiger partial charge >= 0.3 is 6.09 Å². The van der Waals surface area contributed by atoms with Gasteiger partial charge in [0, 0.05) is 0 Å². The van der Waals surface area contributed by atoms with E-state index in [9.17, 15) is 4.79 Å². The first-order valence-corrected chi connectivity index (χ1v) is 9.10. The van der Waals surface area contributed by atoms with Gasteiger partial charge in [0.2, 0.25) is 0 Å². The van der Waals surface area contributed by atoms with E-state index < -0.39 is 6.09 Å². The number of para-hydroxylation sites is 1. The van der Waals surface area contributed by atoms with Gasteiger partial charge in [-0.2, -0.15) is 0 Å². The predicted octanol–water partition coefficient (Wildman–Crippen LogP) is 6.17. The summed E-state index contributed by atoms with van der Waals surface area (Å²) in [5, 5.41) is 2.93. The van der Waals surface area contributed by atoms with Crippen LogP contribution < -0.4 is 10.1 Å². The van der Waals surface area contributed by atoms with Crippen molar-refractivity contribution < 1.29 is 9.53 Å². The fraction of sp³-hybridized carbons (Fsp3) is 0.409. The Morgan fingerprint density at radius 3 is 2.20 bits per heavy atom. The van der Waals surface area contributed by atoms with E-state index in [2.05, 4.69) is 39.1 Å². The number of hydrogen-bond donors (Lipinski definition) is 1. The number of rotatable bonds is 6. The summed E-state index contributed by atoms with van der Waals surface area (Å²) in [7, 11) is 0. The van der Waals surface area contributed by atoms with Crippen LogP contribution in [0.1, 0.15) is 75.6 Å². The molecule has 0 saturated carbocycles. The minimum Gasteiger partial charge on any atom is -0.410 e. The SMILES string of the molecule is CCC(C)c1cccc(C(C)C)c1OC(=O)N[C@H](C)c1ccccc1. The zero-order chi connectivity index (χ0) is 18.4. The quantitative estimate of drug-likeness (QED) is 0.683. The topological polar surface area (TPSA) is 38.3 Å². The Kier molecular flexibility index (Phi) is 6.63. The highest BCUT2D eigenvalue weighted by Gasteiger charge is 2.20. The summed E-state index contributed by atoms with van der Waals surface area (Å²) in [6.45, 7) is 10.5. The van der Waals surface area contributed by atoms with Crippen LogP contribution in [0.3, 0.4) is 0 Å². The highest BCUT2D eigenvalue weighted by Crippen LogP contribution is 2.35. The fourth-order valence-corrected chi connectivity index (χ4v) is 2.88. The lowest BCUT2D eigenvalue weighted by Gasteiger charge is -2.21. The first kappa shape index (κ1) is 19.0. The van der Waals surface area contributed by atoms with Crippen LogP contribution in [0.15, 0.2) is 48.5 Å². The maximum atomic E-state index is 12.5. The van der Waals surface area contributed by atoms with Crippen LogP contribution >= 0.6 is 0 Å². The van der Waals surface area contributed by atoms with Gasteiger partial charge in [-0.15, -0.1) is 0 Å². The van der Waals surface area contributed by atoms with Crippen LogP contribution in [0.2, 0.25) is 0 Å². The van der Waals surface area contributed by atoms with Crippen LogP contribution in [0.25, 0.3) is 0 Å². The molecule has 0 aromatic heterocycles. The molecule has 2 aromatic carbocycles. The molecule has 0 spiro atoms. The van der Waals surface area contributed by atoms with Gasteiger partial charge in [0.15, 0.2) is 0 Å². The first-order valence-electron chi connectivity index (χ1n) is 9.10. The molecule has 0 aliphatic carbocycles. The second-order valence-corrected chi connectivity index (χ2v) is 6.90. The Labute approximate surface area is 151 Å². The molecule has 0 radical (unpaired) electrons. The molecule has 3 heteroatoms. The first-order chi connectivity index (χ1) is 11.9. The average Bonchev–Trinajstić information content (AvgIpc) is 2.61. The standard InChI is InChI=1S/C22H29NO2/c1-6-16(4)20-14-10-13-19(15(2)3)21(20)25-22(24)23-17(5)18-11-8-7-9-12-18/h7-17H,6H2,1-5H3,(H,23,24)/t16?,17-/m1/s1. The van der Waals surface area contributed by atoms with Gasteiger partial charge in [-0.25, -0.2) is 4.79 Å². The lowest BCUT2D eigenvalue weighted by Crippen LogP contribution is -2.30. The average molecular weight is 339 g/mol. The minimum atomic E-state index is -0.408. The van der Waals surface area contributed by atoms with E-state index in [-0.39, 0.29) is 6.04 Å². The van der Waals surface area contributed by atoms with Crippen molar-refractivity contribution in [3.05, 3.63) is 65.2 Å². The summed E-state index contributed by atoms with van der Waals surface area (Å²) >= 11 is 0. The number of amides is 1. The number of carbonyl (C=O) groups is 1. The summed E-state index contributed by atoms with van der Waals surface area (Å²) < 4.78 is 5.80. The van der Waals surface area contributed by atoms with Gasteiger partial charge in [0.1, 0.15) is 5.75 Å². The largest absolute Gasteiger partial charge is 0.413 e. The third-order valence-electron chi connectivity index (χ3n) is 4.67. The van der Waals surface area contributed by atoms with Gasteiger partial charge in [0.05, 0.1) is 6.04 Å². The molecule has 2 rings (SSSR count). The Balaban J connectivity index is 2.21. The van der Waals surface area contributed by atoms with E-state index in [0.29, 0.717) is 17.6 Å². The summed E-state index contributed by atoms with van der Waals surface area (Å²) in [4.78, 5) is 12.5. The molecule has 3 nitrogen and oxygen atoms in total. The van der Waals surface area contributed by atoms with E-state index in [1.807, 2.05) is 49.4 Å². The van der Waals surface area contributed by atoms with Gasteiger partial charge in [0.25, 0.3) is 0 Å². The highest BCUT2D eigenvalue weighted by molar-refractivity contribution is 5.72. The van der Waals surface area contributed by atoms with Crippen molar-refractivity contribution in [1.29, 1.82) is 0 Å². The van der Waals surface area contributed by atoms with Crippen molar-refractivity contribution in [3.63, 3.8) is 0 Å². The Bertz CT molecular complexity index is 694. The van der Waals surface area contributed by atoms with Crippen LogP contribution in [0, 0.1) is 0 Å². The van der Waals surface area contributed by atoms with Crippen molar-refractivity contribution in [2.24, 2.45) is 0 Å². The molecule has 2 atom stereocenters. The van der Waals surface area contributed by atoms with Gasteiger partial charge in [-0.3, -0.25) is 0 Å². The lowest BCUT2D eigenvalue weighted by molar-refractivity contribution is 0.195. The second-order valence-electron chi connectivity index (χ2n) is 6.90. The summed E-state index contributed by atoms with van der Waals surface area (Å²) in [5.41, 5.74) is 3.22. The maximum absolute atomic E-state index is 12.5. The Morgan fingerprint density at radius 2 is 1.60 bits per heavy atom. The smallest absolute Gasteiger partial charge is 0.410 e. The minimum absolute atomic E-state index is 0.105. The van der Waals surface area contributed by atoms with Crippen LogP contribution in [-0.4, -0.2) is 6.09 Å². The zero-order valence-electron chi connectivity index (χ0n) is 15.9. The van der Waals surface area contributed by atoms with Crippen molar-refractivity contribution in [2.75, 3.05) is 0 Å². The third-order valence-corrected chi connectivity index (χ3v) is 4.67. The van der Waals surface area contributed by atoms with Crippen LogP contribution in [0.4, 0.5) is 4.79 Å². The molecule has 134 valence electrons. The molecule has 0 heterocycles. The number of ether oxygens (including phenoxy) is 1.